The molecule has 0 amide bonds. The van der Waals surface area contributed by atoms with Crippen molar-refractivity contribution in [1.82, 2.24) is 5.09 Å². The van der Waals surface area contributed by atoms with Crippen molar-refractivity contribution >= 4 is 23.9 Å². The van der Waals surface area contributed by atoms with Crippen molar-refractivity contribution in [3.05, 3.63) is 96.6 Å². The van der Waals surface area contributed by atoms with Crippen LogP contribution in [-0.2, 0) is 14.1 Å². The molecule has 3 aromatic rings. The number of rotatable bonds is 7. The van der Waals surface area contributed by atoms with E-state index in [9.17, 15) is 9.36 Å². The maximum Gasteiger partial charge on any atom is 0.328 e. The summed E-state index contributed by atoms with van der Waals surface area (Å²) in [4.78, 5) is 12.7. The Morgan fingerprint density at radius 2 is 1.30 bits per heavy atom. The number of benzene rings is 3. The quantitative estimate of drug-likeness (QED) is 0.501. The molecule has 0 spiro atoms. The molecule has 3 aromatic carbocycles. The molecule has 0 saturated heterocycles. The van der Waals surface area contributed by atoms with Crippen molar-refractivity contribution in [3.8, 4) is 0 Å². The van der Waals surface area contributed by atoms with Crippen molar-refractivity contribution < 1.29 is 14.1 Å². The molecule has 0 aromatic heterocycles. The highest BCUT2D eigenvalue weighted by Crippen LogP contribution is 2.42. The van der Waals surface area contributed by atoms with Crippen LogP contribution in [0.3, 0.4) is 0 Å². The van der Waals surface area contributed by atoms with Gasteiger partial charge in [-0.15, -0.1) is 0 Å². The van der Waals surface area contributed by atoms with E-state index in [-0.39, 0.29) is 6.61 Å². The summed E-state index contributed by atoms with van der Waals surface area (Å²) < 4.78 is 19.4. The third kappa shape index (κ3) is 4.36. The lowest BCUT2D eigenvalue weighted by atomic mass is 10.1. The Bertz CT molecular complexity index is 871. The van der Waals surface area contributed by atoms with Crippen LogP contribution < -0.4 is 15.7 Å². The topological polar surface area (TPSA) is 55.4 Å². The van der Waals surface area contributed by atoms with Gasteiger partial charge in [0.25, 0.3) is 0 Å². The van der Waals surface area contributed by atoms with Crippen molar-refractivity contribution in [1.29, 1.82) is 0 Å². The van der Waals surface area contributed by atoms with Gasteiger partial charge >= 0.3 is 5.97 Å². The van der Waals surface area contributed by atoms with Crippen molar-refractivity contribution in [2.24, 2.45) is 0 Å². The maximum absolute atomic E-state index is 14.2. The van der Waals surface area contributed by atoms with E-state index in [1.165, 1.54) is 0 Å². The minimum absolute atomic E-state index is 0.255. The van der Waals surface area contributed by atoms with E-state index < -0.39 is 19.3 Å². The second-order valence-electron chi connectivity index (χ2n) is 6.01. The van der Waals surface area contributed by atoms with Crippen molar-refractivity contribution in [2.75, 3.05) is 6.61 Å². The monoisotopic (exact) mass is 379 g/mol. The van der Waals surface area contributed by atoms with Gasteiger partial charge in [-0.05, 0) is 36.8 Å². The van der Waals surface area contributed by atoms with E-state index in [2.05, 4.69) is 5.09 Å². The van der Waals surface area contributed by atoms with Gasteiger partial charge in [0.05, 0.1) is 6.61 Å². The first kappa shape index (κ1) is 19.1. The zero-order valence-electron chi connectivity index (χ0n) is 15.1. The summed E-state index contributed by atoms with van der Waals surface area (Å²) >= 11 is 0. The van der Waals surface area contributed by atoms with Crippen LogP contribution in [0.15, 0.2) is 91.0 Å². The SMILES string of the molecule is CCOC(=O)[C@@H](NP(=O)(c1ccccc1)c1ccccc1)c1ccccc1. The van der Waals surface area contributed by atoms with Crippen LogP contribution in [0.1, 0.15) is 18.5 Å². The molecule has 1 N–H and O–H groups in total. The highest BCUT2D eigenvalue weighted by atomic mass is 31.2. The molecule has 0 heterocycles. The first-order valence-electron chi connectivity index (χ1n) is 8.86. The van der Waals surface area contributed by atoms with Gasteiger partial charge in [-0.1, -0.05) is 66.7 Å². The number of hydrogen-bond acceptors (Lipinski definition) is 3. The Morgan fingerprint density at radius 3 is 1.74 bits per heavy atom. The summed E-state index contributed by atoms with van der Waals surface area (Å²) in [6.07, 6.45) is 0. The Kier molecular flexibility index (Phi) is 6.23. The zero-order valence-corrected chi connectivity index (χ0v) is 16.0. The van der Waals surface area contributed by atoms with E-state index in [1.807, 2.05) is 91.0 Å². The molecule has 0 saturated carbocycles. The fourth-order valence-electron chi connectivity index (χ4n) is 2.89. The summed E-state index contributed by atoms with van der Waals surface area (Å²) in [5.74, 6) is -0.448. The highest BCUT2D eigenvalue weighted by Gasteiger charge is 2.34. The van der Waals surface area contributed by atoms with Gasteiger partial charge in [-0.25, -0.2) is 9.88 Å². The standard InChI is InChI=1S/C22H22NO3P/c1-2-26-22(24)21(18-12-6-3-7-13-18)23-27(25,19-14-8-4-9-15-19)20-16-10-5-11-17-20/h3-17,21H,2H2,1H3,(H,23,25)/t21-/m0/s1. The average molecular weight is 379 g/mol. The Hall–Kier alpha value is -2.68. The second kappa shape index (κ2) is 8.81. The smallest absolute Gasteiger partial charge is 0.328 e. The van der Waals surface area contributed by atoms with E-state index in [0.717, 1.165) is 0 Å². The lowest BCUT2D eigenvalue weighted by molar-refractivity contribution is -0.145. The fourth-order valence-corrected chi connectivity index (χ4v) is 5.29. The fraction of sp³-hybridized carbons (Fsp3) is 0.136. The van der Waals surface area contributed by atoms with Gasteiger partial charge < -0.3 is 4.74 Å². The Labute approximate surface area is 159 Å². The predicted octanol–water partition coefficient (Wildman–Crippen LogP) is 3.81. The van der Waals surface area contributed by atoms with Crippen LogP contribution in [0, 0.1) is 0 Å². The Balaban J connectivity index is 2.09. The third-order valence-electron chi connectivity index (χ3n) is 4.21. The molecular formula is C22H22NO3P. The summed E-state index contributed by atoms with van der Waals surface area (Å²) in [6.45, 7) is 2.01. The number of carbonyl (C=O) groups excluding carboxylic acids is 1. The molecule has 0 aliphatic carbocycles. The molecule has 0 radical (unpaired) electrons. The van der Waals surface area contributed by atoms with E-state index in [1.54, 1.807) is 6.92 Å². The normalized spacial score (nSPS) is 12.3. The predicted molar refractivity (Wildman–Crippen MR) is 109 cm³/mol. The van der Waals surface area contributed by atoms with Crippen LogP contribution in [0.5, 0.6) is 0 Å². The molecular weight excluding hydrogens is 357 g/mol. The minimum Gasteiger partial charge on any atom is -0.465 e. The molecule has 4 nitrogen and oxygen atoms in total. The molecule has 138 valence electrons. The first-order valence-corrected chi connectivity index (χ1v) is 10.6. The van der Waals surface area contributed by atoms with Crippen LogP contribution in [0.25, 0.3) is 0 Å². The molecule has 0 aliphatic rings. The van der Waals surface area contributed by atoms with Gasteiger partial charge in [0.1, 0.15) is 6.04 Å². The summed E-state index contributed by atoms with van der Waals surface area (Å²) in [5.41, 5.74) is 0.711. The van der Waals surface area contributed by atoms with Gasteiger partial charge in [-0.2, -0.15) is 0 Å². The molecule has 0 bridgehead atoms. The van der Waals surface area contributed by atoms with Crippen LogP contribution in [-0.4, -0.2) is 12.6 Å². The van der Waals surface area contributed by atoms with Crippen LogP contribution in [0.2, 0.25) is 0 Å². The van der Waals surface area contributed by atoms with Crippen LogP contribution in [0.4, 0.5) is 0 Å². The third-order valence-corrected chi connectivity index (χ3v) is 6.88. The molecule has 0 aliphatic heterocycles. The highest BCUT2D eigenvalue weighted by molar-refractivity contribution is 7.77. The average Bonchev–Trinajstić information content (AvgIpc) is 2.74. The number of esters is 1. The lowest BCUT2D eigenvalue weighted by Crippen LogP contribution is -2.35. The van der Waals surface area contributed by atoms with Gasteiger partial charge in [0, 0.05) is 10.6 Å². The number of ether oxygens (including phenoxy) is 1. The largest absolute Gasteiger partial charge is 0.465 e. The maximum atomic E-state index is 14.2. The molecule has 0 unspecified atom stereocenters. The van der Waals surface area contributed by atoms with Crippen molar-refractivity contribution in [2.45, 2.75) is 13.0 Å². The van der Waals surface area contributed by atoms with Crippen molar-refractivity contribution in [3.63, 3.8) is 0 Å². The number of carbonyl (C=O) groups is 1. The van der Waals surface area contributed by atoms with Gasteiger partial charge in [0.2, 0.25) is 7.29 Å². The zero-order chi connectivity index (χ0) is 19.1. The minimum atomic E-state index is -3.27. The number of nitrogens with one attached hydrogen (secondary N) is 1. The van der Waals surface area contributed by atoms with E-state index in [0.29, 0.717) is 16.2 Å². The second-order valence-corrected chi connectivity index (χ2v) is 8.51. The summed E-state index contributed by atoms with van der Waals surface area (Å²) in [7, 11) is -3.27. The van der Waals surface area contributed by atoms with E-state index >= 15 is 0 Å². The Morgan fingerprint density at radius 1 is 0.852 bits per heavy atom. The molecule has 5 heteroatoms. The summed E-state index contributed by atoms with van der Waals surface area (Å²) in [5, 5.41) is 4.43. The summed E-state index contributed by atoms with van der Waals surface area (Å²) in [6, 6.07) is 26.8. The lowest BCUT2D eigenvalue weighted by Gasteiger charge is -2.26. The van der Waals surface area contributed by atoms with E-state index in [4.69, 9.17) is 4.74 Å². The van der Waals surface area contributed by atoms with Crippen LogP contribution >= 0.6 is 7.29 Å². The molecule has 1 atom stereocenters. The molecule has 0 fully saturated rings. The number of hydrogen-bond donors (Lipinski definition) is 1. The first-order chi connectivity index (χ1) is 13.1. The van der Waals surface area contributed by atoms with Gasteiger partial charge in [0.15, 0.2) is 0 Å². The molecule has 27 heavy (non-hydrogen) atoms. The molecule has 3 rings (SSSR count). The van der Waals surface area contributed by atoms with Gasteiger partial charge in [-0.3, -0.25) is 4.57 Å².